The number of nitrogens with zero attached hydrogens (tertiary/aromatic N) is 2. The summed E-state index contributed by atoms with van der Waals surface area (Å²) in [5.74, 6) is 0.638. The van der Waals surface area contributed by atoms with Gasteiger partial charge in [-0.05, 0) is 37.4 Å². The van der Waals surface area contributed by atoms with Gasteiger partial charge in [-0.25, -0.2) is 5.43 Å². The minimum atomic E-state index is -0.357. The number of furan rings is 1. The normalized spacial score (nSPS) is 12.0. The Balaban J connectivity index is 1.61. The molecule has 0 saturated carbocycles. The summed E-state index contributed by atoms with van der Waals surface area (Å²) in [6.45, 7) is 0.641. The van der Waals surface area contributed by atoms with E-state index in [1.165, 1.54) is 0 Å². The van der Waals surface area contributed by atoms with Gasteiger partial charge in [0.25, 0.3) is 0 Å². The van der Waals surface area contributed by atoms with Crippen molar-refractivity contribution in [2.75, 3.05) is 14.1 Å². The van der Waals surface area contributed by atoms with E-state index in [1.807, 2.05) is 61.5 Å². The Morgan fingerprint density at radius 3 is 2.08 bits per heavy atom. The fourth-order valence-electron chi connectivity index (χ4n) is 3.17. The Kier molecular flexibility index (Phi) is 4.14. The van der Waals surface area contributed by atoms with Crippen molar-refractivity contribution in [2.24, 2.45) is 5.10 Å². The highest BCUT2D eigenvalue weighted by molar-refractivity contribution is 6.24. The summed E-state index contributed by atoms with van der Waals surface area (Å²) in [4.78, 5) is 14.4. The molecule has 130 valence electrons. The second-order valence-corrected chi connectivity index (χ2v) is 6.50. The van der Waals surface area contributed by atoms with Gasteiger partial charge in [0.1, 0.15) is 5.76 Å². The van der Waals surface area contributed by atoms with Crippen molar-refractivity contribution in [1.82, 2.24) is 10.3 Å². The highest BCUT2D eigenvalue weighted by atomic mass is 16.4. The lowest BCUT2D eigenvalue weighted by molar-refractivity contribution is 0.0924. The van der Waals surface area contributed by atoms with Crippen LogP contribution in [0.3, 0.4) is 0 Å². The van der Waals surface area contributed by atoms with Crippen LogP contribution >= 0.6 is 0 Å². The zero-order valence-electron chi connectivity index (χ0n) is 14.7. The maximum absolute atomic E-state index is 12.4. The first-order valence-corrected chi connectivity index (χ1v) is 8.44. The van der Waals surface area contributed by atoms with E-state index in [2.05, 4.69) is 22.7 Å². The second kappa shape index (κ2) is 6.61. The van der Waals surface area contributed by atoms with Crippen molar-refractivity contribution in [3.8, 4) is 11.1 Å². The van der Waals surface area contributed by atoms with Gasteiger partial charge < -0.3 is 9.32 Å². The molecule has 0 radical (unpaired) electrons. The van der Waals surface area contributed by atoms with E-state index in [1.54, 1.807) is 6.07 Å². The number of hydrogen-bond acceptors (Lipinski definition) is 4. The minimum absolute atomic E-state index is 0.255. The lowest BCUT2D eigenvalue weighted by atomic mass is 10.1. The fourth-order valence-corrected chi connectivity index (χ4v) is 3.17. The average molecular weight is 345 g/mol. The van der Waals surface area contributed by atoms with Gasteiger partial charge in [-0.3, -0.25) is 4.79 Å². The van der Waals surface area contributed by atoms with Crippen LogP contribution in [0.2, 0.25) is 0 Å². The van der Waals surface area contributed by atoms with E-state index in [-0.39, 0.29) is 11.7 Å². The van der Waals surface area contributed by atoms with Crippen molar-refractivity contribution < 1.29 is 9.21 Å². The number of amides is 1. The largest absolute Gasteiger partial charge is 0.454 e. The number of carbonyl (C=O) groups is 1. The summed E-state index contributed by atoms with van der Waals surface area (Å²) in [6, 6.07) is 19.6. The first kappa shape index (κ1) is 16.3. The molecule has 4 rings (SSSR count). The van der Waals surface area contributed by atoms with E-state index in [4.69, 9.17) is 4.42 Å². The van der Waals surface area contributed by atoms with Gasteiger partial charge in [0.2, 0.25) is 0 Å². The van der Waals surface area contributed by atoms with Gasteiger partial charge in [0, 0.05) is 11.1 Å². The third-order valence-corrected chi connectivity index (χ3v) is 4.28. The Hall–Kier alpha value is -3.18. The quantitative estimate of drug-likeness (QED) is 0.576. The van der Waals surface area contributed by atoms with Crippen molar-refractivity contribution in [3.05, 3.63) is 83.3 Å². The van der Waals surface area contributed by atoms with Crippen LogP contribution in [0.5, 0.6) is 0 Å². The molecule has 1 N–H and O–H groups in total. The Labute approximate surface area is 151 Å². The van der Waals surface area contributed by atoms with Crippen LogP contribution in [-0.2, 0) is 6.54 Å². The van der Waals surface area contributed by atoms with Crippen LogP contribution in [0.1, 0.15) is 27.4 Å². The summed E-state index contributed by atoms with van der Waals surface area (Å²) in [6.07, 6.45) is 0. The maximum Gasteiger partial charge on any atom is 0.307 e. The van der Waals surface area contributed by atoms with E-state index in [0.717, 1.165) is 33.7 Å². The molecule has 0 unspecified atom stereocenters. The highest BCUT2D eigenvalue weighted by Crippen LogP contribution is 2.36. The molecule has 26 heavy (non-hydrogen) atoms. The molecule has 1 amide bonds. The van der Waals surface area contributed by atoms with Gasteiger partial charge in [0.05, 0.1) is 12.3 Å². The number of carbonyl (C=O) groups excluding carboxylic acids is 1. The number of hydrogen-bond donors (Lipinski definition) is 1. The summed E-state index contributed by atoms with van der Waals surface area (Å²) in [7, 11) is 3.90. The number of fused-ring (bicyclic) bond motifs is 3. The topological polar surface area (TPSA) is 57.8 Å². The van der Waals surface area contributed by atoms with Crippen LogP contribution < -0.4 is 5.43 Å². The van der Waals surface area contributed by atoms with Gasteiger partial charge in [-0.15, -0.1) is 0 Å². The standard InChI is InChI=1S/C21H19N3O2/c1-24(2)13-14-11-12-19(26-14)21(25)23-22-20-17-9-5-3-7-15(17)16-8-4-6-10-18(16)20/h3-12H,13H2,1-2H3,(H,23,25). The third kappa shape index (κ3) is 2.93. The molecule has 0 bridgehead atoms. The lowest BCUT2D eigenvalue weighted by Gasteiger charge is -2.05. The zero-order chi connectivity index (χ0) is 18.1. The third-order valence-electron chi connectivity index (χ3n) is 4.28. The van der Waals surface area contributed by atoms with Crippen molar-refractivity contribution >= 4 is 11.6 Å². The van der Waals surface area contributed by atoms with Crippen molar-refractivity contribution in [2.45, 2.75) is 6.54 Å². The maximum atomic E-state index is 12.4. The number of benzene rings is 2. The van der Waals surface area contributed by atoms with Gasteiger partial charge >= 0.3 is 5.91 Å². The summed E-state index contributed by atoms with van der Waals surface area (Å²) < 4.78 is 5.59. The molecule has 3 aromatic rings. The van der Waals surface area contributed by atoms with Crippen LogP contribution in [0.4, 0.5) is 0 Å². The number of hydrazone groups is 1. The Morgan fingerprint density at radius 2 is 1.50 bits per heavy atom. The fraction of sp³-hybridized carbons (Fsp3) is 0.143. The summed E-state index contributed by atoms with van der Waals surface area (Å²) in [5, 5.41) is 4.40. The van der Waals surface area contributed by atoms with E-state index in [9.17, 15) is 4.79 Å². The van der Waals surface area contributed by atoms with E-state index < -0.39 is 0 Å². The molecule has 0 saturated heterocycles. The number of rotatable bonds is 4. The first-order valence-electron chi connectivity index (χ1n) is 8.44. The molecule has 0 spiro atoms. The summed E-state index contributed by atoms with van der Waals surface area (Å²) in [5.41, 5.74) is 7.68. The lowest BCUT2D eigenvalue weighted by Crippen LogP contribution is -2.19. The molecular formula is C21H19N3O2. The van der Waals surface area contributed by atoms with E-state index in [0.29, 0.717) is 6.54 Å². The molecule has 5 heteroatoms. The van der Waals surface area contributed by atoms with Gasteiger partial charge in [-0.2, -0.15) is 5.10 Å². The molecule has 0 atom stereocenters. The smallest absolute Gasteiger partial charge is 0.307 e. The SMILES string of the molecule is CN(C)Cc1ccc(C(=O)NN=C2c3ccccc3-c3ccccc32)o1. The molecule has 0 aliphatic heterocycles. The predicted molar refractivity (Wildman–Crippen MR) is 101 cm³/mol. The molecule has 2 aromatic carbocycles. The monoisotopic (exact) mass is 345 g/mol. The van der Waals surface area contributed by atoms with Crippen LogP contribution in [0.25, 0.3) is 11.1 Å². The Bertz CT molecular complexity index is 954. The molecular weight excluding hydrogens is 326 g/mol. The van der Waals surface area contributed by atoms with Crippen LogP contribution in [-0.4, -0.2) is 30.6 Å². The first-order chi connectivity index (χ1) is 12.6. The highest BCUT2D eigenvalue weighted by Gasteiger charge is 2.24. The van der Waals surface area contributed by atoms with Crippen molar-refractivity contribution in [1.29, 1.82) is 0 Å². The van der Waals surface area contributed by atoms with Crippen LogP contribution in [0, 0.1) is 0 Å². The molecule has 1 heterocycles. The summed E-state index contributed by atoms with van der Waals surface area (Å²) >= 11 is 0. The number of nitrogens with one attached hydrogen (secondary N) is 1. The second-order valence-electron chi connectivity index (χ2n) is 6.50. The molecule has 5 nitrogen and oxygen atoms in total. The van der Waals surface area contributed by atoms with Crippen LogP contribution in [0.15, 0.2) is 70.2 Å². The minimum Gasteiger partial charge on any atom is -0.454 e. The molecule has 0 fully saturated rings. The predicted octanol–water partition coefficient (Wildman–Crippen LogP) is 3.50. The molecule has 1 aliphatic rings. The molecule has 1 aromatic heterocycles. The average Bonchev–Trinajstić information content (AvgIpc) is 3.22. The Morgan fingerprint density at radius 1 is 0.923 bits per heavy atom. The van der Waals surface area contributed by atoms with E-state index >= 15 is 0 Å². The van der Waals surface area contributed by atoms with Crippen molar-refractivity contribution in [3.63, 3.8) is 0 Å². The zero-order valence-corrected chi connectivity index (χ0v) is 14.7. The molecule has 1 aliphatic carbocycles. The van der Waals surface area contributed by atoms with Gasteiger partial charge in [0.15, 0.2) is 5.76 Å². The van der Waals surface area contributed by atoms with Gasteiger partial charge in [-0.1, -0.05) is 48.5 Å².